The quantitative estimate of drug-likeness (QED) is 0.783. The minimum absolute atomic E-state index is 0.287. The normalized spacial score (nSPS) is 15.8. The molecule has 2 amide bonds. The van der Waals surface area contributed by atoms with Gasteiger partial charge < -0.3 is 15.4 Å². The van der Waals surface area contributed by atoms with E-state index in [-0.39, 0.29) is 6.03 Å². The molecule has 0 bridgehead atoms. The van der Waals surface area contributed by atoms with E-state index < -0.39 is 0 Å². The van der Waals surface area contributed by atoms with Crippen molar-refractivity contribution in [2.24, 2.45) is 5.73 Å². The molecule has 0 aliphatic heterocycles. The summed E-state index contributed by atoms with van der Waals surface area (Å²) in [5, 5.41) is 0. The summed E-state index contributed by atoms with van der Waals surface area (Å²) >= 11 is 0. The molecule has 1 fully saturated rings. The molecule has 0 atom stereocenters. The maximum atomic E-state index is 11.6. The molecule has 4 heteroatoms. The molecular formula is C17H26N2O2. The van der Waals surface area contributed by atoms with Gasteiger partial charge in [-0.2, -0.15) is 0 Å². The lowest BCUT2D eigenvalue weighted by atomic mass is 9.94. The Labute approximate surface area is 127 Å². The Hall–Kier alpha value is -1.55. The Morgan fingerprint density at radius 1 is 1.19 bits per heavy atom. The SMILES string of the molecule is NC(=O)N(CCCOCc1ccccc1)C1CCCCC1. The van der Waals surface area contributed by atoms with Crippen LogP contribution in [0, 0.1) is 0 Å². The molecule has 0 saturated heterocycles. The molecule has 116 valence electrons. The Balaban J connectivity index is 1.66. The van der Waals surface area contributed by atoms with Crippen molar-refractivity contribution in [2.75, 3.05) is 13.2 Å². The average molecular weight is 290 g/mol. The van der Waals surface area contributed by atoms with Crippen LogP contribution in [0.3, 0.4) is 0 Å². The fourth-order valence-corrected chi connectivity index (χ4v) is 2.97. The van der Waals surface area contributed by atoms with Crippen LogP contribution < -0.4 is 5.73 Å². The number of hydrogen-bond donors (Lipinski definition) is 1. The van der Waals surface area contributed by atoms with Crippen molar-refractivity contribution in [1.82, 2.24) is 4.90 Å². The first-order valence-electron chi connectivity index (χ1n) is 7.95. The lowest BCUT2D eigenvalue weighted by Gasteiger charge is -2.33. The lowest BCUT2D eigenvalue weighted by Crippen LogP contribution is -2.45. The van der Waals surface area contributed by atoms with Crippen molar-refractivity contribution in [1.29, 1.82) is 0 Å². The van der Waals surface area contributed by atoms with Crippen molar-refractivity contribution < 1.29 is 9.53 Å². The molecule has 2 N–H and O–H groups in total. The smallest absolute Gasteiger partial charge is 0.315 e. The Morgan fingerprint density at radius 3 is 2.57 bits per heavy atom. The van der Waals surface area contributed by atoms with Crippen LogP contribution in [0.1, 0.15) is 44.1 Å². The molecule has 1 aliphatic rings. The predicted octanol–water partition coefficient (Wildman–Crippen LogP) is 3.31. The Bertz CT molecular complexity index is 416. The number of primary amides is 1. The summed E-state index contributed by atoms with van der Waals surface area (Å²) in [6.07, 6.45) is 6.72. The maximum absolute atomic E-state index is 11.6. The zero-order chi connectivity index (χ0) is 14.9. The highest BCUT2D eigenvalue weighted by molar-refractivity contribution is 5.72. The number of nitrogens with two attached hydrogens (primary N) is 1. The fraction of sp³-hybridized carbons (Fsp3) is 0.588. The molecule has 0 unspecified atom stereocenters. The minimum atomic E-state index is -0.287. The van der Waals surface area contributed by atoms with Gasteiger partial charge in [-0.1, -0.05) is 49.6 Å². The molecule has 0 aromatic heterocycles. The van der Waals surface area contributed by atoms with E-state index in [2.05, 4.69) is 12.1 Å². The van der Waals surface area contributed by atoms with Gasteiger partial charge in [0.25, 0.3) is 0 Å². The van der Waals surface area contributed by atoms with Gasteiger partial charge in [0, 0.05) is 19.2 Å². The zero-order valence-corrected chi connectivity index (χ0v) is 12.7. The molecule has 2 rings (SSSR count). The summed E-state index contributed by atoms with van der Waals surface area (Å²) < 4.78 is 5.66. The highest BCUT2D eigenvalue weighted by Gasteiger charge is 2.23. The molecule has 1 aromatic rings. The molecule has 4 nitrogen and oxygen atoms in total. The van der Waals surface area contributed by atoms with Gasteiger partial charge in [-0.15, -0.1) is 0 Å². The monoisotopic (exact) mass is 290 g/mol. The topological polar surface area (TPSA) is 55.6 Å². The predicted molar refractivity (Wildman–Crippen MR) is 83.9 cm³/mol. The second-order valence-corrected chi connectivity index (χ2v) is 5.72. The van der Waals surface area contributed by atoms with Gasteiger partial charge in [-0.25, -0.2) is 4.79 Å². The number of carbonyl (C=O) groups is 1. The fourth-order valence-electron chi connectivity index (χ4n) is 2.97. The Morgan fingerprint density at radius 2 is 1.90 bits per heavy atom. The van der Waals surface area contributed by atoms with E-state index in [9.17, 15) is 4.79 Å². The van der Waals surface area contributed by atoms with Gasteiger partial charge in [0.15, 0.2) is 0 Å². The first kappa shape index (κ1) is 15.8. The number of amides is 2. The van der Waals surface area contributed by atoms with Crippen LogP contribution >= 0.6 is 0 Å². The van der Waals surface area contributed by atoms with E-state index in [0.717, 1.165) is 19.3 Å². The van der Waals surface area contributed by atoms with Crippen molar-refractivity contribution >= 4 is 6.03 Å². The van der Waals surface area contributed by atoms with Gasteiger partial charge in [0.2, 0.25) is 0 Å². The third-order valence-electron chi connectivity index (χ3n) is 4.10. The summed E-state index contributed by atoms with van der Waals surface area (Å²) in [6.45, 7) is 1.99. The highest BCUT2D eigenvalue weighted by Crippen LogP contribution is 2.22. The average Bonchev–Trinajstić information content (AvgIpc) is 2.52. The van der Waals surface area contributed by atoms with Crippen molar-refractivity contribution in [3.05, 3.63) is 35.9 Å². The summed E-state index contributed by atoms with van der Waals surface area (Å²) in [5.41, 5.74) is 6.70. The molecule has 0 spiro atoms. The number of hydrogen-bond acceptors (Lipinski definition) is 2. The van der Waals surface area contributed by atoms with E-state index in [4.69, 9.17) is 10.5 Å². The first-order valence-corrected chi connectivity index (χ1v) is 7.95. The van der Waals surface area contributed by atoms with Crippen LogP contribution in [0.2, 0.25) is 0 Å². The molecule has 1 aliphatic carbocycles. The molecule has 1 aromatic carbocycles. The van der Waals surface area contributed by atoms with E-state index >= 15 is 0 Å². The number of carbonyl (C=O) groups excluding carboxylic acids is 1. The highest BCUT2D eigenvalue weighted by atomic mass is 16.5. The first-order chi connectivity index (χ1) is 10.3. The van der Waals surface area contributed by atoms with Crippen LogP contribution in [-0.2, 0) is 11.3 Å². The third-order valence-corrected chi connectivity index (χ3v) is 4.10. The molecule has 1 saturated carbocycles. The lowest BCUT2D eigenvalue weighted by molar-refractivity contribution is 0.103. The number of rotatable bonds is 7. The van der Waals surface area contributed by atoms with E-state index in [1.807, 2.05) is 23.1 Å². The van der Waals surface area contributed by atoms with Gasteiger partial charge in [0.1, 0.15) is 0 Å². The number of ether oxygens (including phenoxy) is 1. The molecule has 0 radical (unpaired) electrons. The van der Waals surface area contributed by atoms with Crippen LogP contribution in [0.25, 0.3) is 0 Å². The van der Waals surface area contributed by atoms with Gasteiger partial charge in [-0.3, -0.25) is 0 Å². The summed E-state index contributed by atoms with van der Waals surface area (Å²) in [7, 11) is 0. The van der Waals surface area contributed by atoms with E-state index in [0.29, 0.717) is 25.8 Å². The number of nitrogens with zero attached hydrogens (tertiary/aromatic N) is 1. The van der Waals surface area contributed by atoms with Gasteiger partial charge >= 0.3 is 6.03 Å². The molecule has 0 heterocycles. The summed E-state index contributed by atoms with van der Waals surface area (Å²) in [4.78, 5) is 13.4. The van der Waals surface area contributed by atoms with Gasteiger partial charge in [-0.05, 0) is 24.8 Å². The van der Waals surface area contributed by atoms with E-state index in [1.165, 1.54) is 24.8 Å². The van der Waals surface area contributed by atoms with Gasteiger partial charge in [0.05, 0.1) is 6.61 Å². The van der Waals surface area contributed by atoms with Crippen LogP contribution in [0.4, 0.5) is 4.79 Å². The van der Waals surface area contributed by atoms with Crippen molar-refractivity contribution in [3.8, 4) is 0 Å². The second-order valence-electron chi connectivity index (χ2n) is 5.72. The van der Waals surface area contributed by atoms with Crippen LogP contribution in [0.15, 0.2) is 30.3 Å². The van der Waals surface area contributed by atoms with Crippen molar-refractivity contribution in [2.45, 2.75) is 51.2 Å². The third kappa shape index (κ3) is 5.38. The van der Waals surface area contributed by atoms with Crippen LogP contribution in [-0.4, -0.2) is 30.1 Å². The molecule has 21 heavy (non-hydrogen) atoms. The summed E-state index contributed by atoms with van der Waals surface area (Å²) in [6, 6.07) is 10.2. The van der Waals surface area contributed by atoms with Crippen molar-refractivity contribution in [3.63, 3.8) is 0 Å². The number of benzene rings is 1. The standard InChI is InChI=1S/C17H26N2O2/c18-17(20)19(16-10-5-2-6-11-16)12-7-13-21-14-15-8-3-1-4-9-15/h1,3-4,8-9,16H,2,5-7,10-14H2,(H2,18,20). The Kier molecular flexibility index (Phi) is 6.54. The zero-order valence-electron chi connectivity index (χ0n) is 12.7. The second kappa shape index (κ2) is 8.67. The minimum Gasteiger partial charge on any atom is -0.377 e. The molecular weight excluding hydrogens is 264 g/mol. The number of urea groups is 1. The largest absolute Gasteiger partial charge is 0.377 e. The van der Waals surface area contributed by atoms with E-state index in [1.54, 1.807) is 0 Å². The van der Waals surface area contributed by atoms with Crippen LogP contribution in [0.5, 0.6) is 0 Å². The maximum Gasteiger partial charge on any atom is 0.315 e. The summed E-state index contributed by atoms with van der Waals surface area (Å²) in [5.74, 6) is 0.